The average molecular weight is 261 g/mol. The predicted octanol–water partition coefficient (Wildman–Crippen LogP) is 2.12. The number of nitrogens with one attached hydrogen (secondary N) is 1. The van der Waals surface area contributed by atoms with Crippen molar-refractivity contribution in [2.75, 3.05) is 5.32 Å². The Hall–Kier alpha value is -0.810. The fourth-order valence-corrected chi connectivity index (χ4v) is 1.67. The Morgan fingerprint density at radius 2 is 2.23 bits per heavy atom. The fraction of sp³-hybridized carbons (Fsp3) is 0.125. The van der Waals surface area contributed by atoms with E-state index in [1.54, 1.807) is 6.07 Å². The predicted molar refractivity (Wildman–Crippen MR) is 61.0 cm³/mol. The van der Waals surface area contributed by atoms with E-state index in [-0.39, 0.29) is 10.9 Å². The summed E-state index contributed by atoms with van der Waals surface area (Å²) in [7, 11) is 0. The second-order valence-electron chi connectivity index (χ2n) is 2.61. The van der Waals surface area contributed by atoms with Gasteiger partial charge < -0.3 is 16.2 Å². The first-order valence-electron chi connectivity index (χ1n) is 3.56. The van der Waals surface area contributed by atoms with Gasteiger partial charge in [-0.2, -0.15) is 0 Å². The molecule has 0 radical (unpaired) electrons. The van der Waals surface area contributed by atoms with Crippen molar-refractivity contribution in [3.8, 4) is 5.75 Å². The lowest BCUT2D eigenvalue weighted by Gasteiger charge is -2.10. The molecule has 4 N–H and O–H groups in total. The molecule has 0 spiro atoms. The molecule has 0 aliphatic rings. The van der Waals surface area contributed by atoms with Crippen LogP contribution in [0.25, 0.3) is 0 Å². The minimum absolute atomic E-state index is 0.125. The van der Waals surface area contributed by atoms with Crippen molar-refractivity contribution in [3.05, 3.63) is 22.2 Å². The van der Waals surface area contributed by atoms with Crippen molar-refractivity contribution in [1.29, 1.82) is 0 Å². The van der Waals surface area contributed by atoms with Gasteiger partial charge >= 0.3 is 0 Å². The standard InChI is InChI=1S/C8H9BrN2OS/c1-4-2-5(9)3-6(12)7(4)11-8(10)13/h2-3,12H,1H3,(H3,10,11,13). The number of hydrogen-bond donors (Lipinski definition) is 3. The lowest BCUT2D eigenvalue weighted by Crippen LogP contribution is -2.19. The van der Waals surface area contributed by atoms with Crippen LogP contribution in [0.4, 0.5) is 5.69 Å². The number of anilines is 1. The van der Waals surface area contributed by atoms with Crippen LogP contribution in [-0.4, -0.2) is 10.2 Å². The summed E-state index contributed by atoms with van der Waals surface area (Å²) in [5, 5.41) is 12.4. The van der Waals surface area contributed by atoms with Crippen LogP contribution >= 0.6 is 28.1 Å². The average Bonchev–Trinajstić information content (AvgIpc) is 1.96. The molecule has 0 amide bonds. The second-order valence-corrected chi connectivity index (χ2v) is 3.96. The molecule has 0 fully saturated rings. The minimum Gasteiger partial charge on any atom is -0.506 e. The summed E-state index contributed by atoms with van der Waals surface area (Å²) < 4.78 is 0.816. The number of benzene rings is 1. The van der Waals surface area contributed by atoms with Gasteiger partial charge in [-0.1, -0.05) is 15.9 Å². The summed E-state index contributed by atoms with van der Waals surface area (Å²) in [6, 6.07) is 3.44. The molecule has 13 heavy (non-hydrogen) atoms. The molecule has 1 aromatic carbocycles. The van der Waals surface area contributed by atoms with E-state index in [2.05, 4.69) is 33.5 Å². The number of thiocarbonyl (C=S) groups is 1. The van der Waals surface area contributed by atoms with Crippen LogP contribution < -0.4 is 11.1 Å². The first kappa shape index (κ1) is 10.3. The smallest absolute Gasteiger partial charge is 0.168 e. The van der Waals surface area contributed by atoms with Crippen LogP contribution in [0.2, 0.25) is 0 Å². The molecule has 0 aliphatic heterocycles. The number of nitrogens with two attached hydrogens (primary N) is 1. The van der Waals surface area contributed by atoms with Crippen molar-refractivity contribution >= 4 is 38.9 Å². The second kappa shape index (κ2) is 3.93. The van der Waals surface area contributed by atoms with Gasteiger partial charge in [0.2, 0.25) is 0 Å². The number of aromatic hydroxyl groups is 1. The highest BCUT2D eigenvalue weighted by Gasteiger charge is 2.06. The SMILES string of the molecule is Cc1cc(Br)cc(O)c1NC(N)=S. The van der Waals surface area contributed by atoms with Crippen LogP contribution in [0.1, 0.15) is 5.56 Å². The van der Waals surface area contributed by atoms with E-state index in [4.69, 9.17) is 5.73 Å². The Morgan fingerprint density at radius 3 is 2.69 bits per heavy atom. The van der Waals surface area contributed by atoms with Gasteiger partial charge in [0.05, 0.1) is 5.69 Å². The molecule has 70 valence electrons. The van der Waals surface area contributed by atoms with Crippen molar-refractivity contribution in [1.82, 2.24) is 0 Å². The number of hydrogen-bond acceptors (Lipinski definition) is 2. The lowest BCUT2D eigenvalue weighted by molar-refractivity contribution is 0.477. The van der Waals surface area contributed by atoms with Crippen molar-refractivity contribution in [2.24, 2.45) is 5.73 Å². The van der Waals surface area contributed by atoms with Crippen LogP contribution in [0.3, 0.4) is 0 Å². The molecular formula is C8H9BrN2OS. The first-order chi connectivity index (χ1) is 6.00. The zero-order chi connectivity index (χ0) is 10.0. The van der Waals surface area contributed by atoms with Gasteiger partial charge in [0.1, 0.15) is 5.75 Å². The van der Waals surface area contributed by atoms with E-state index in [0.29, 0.717) is 5.69 Å². The first-order valence-corrected chi connectivity index (χ1v) is 4.76. The highest BCUT2D eigenvalue weighted by atomic mass is 79.9. The van der Waals surface area contributed by atoms with E-state index < -0.39 is 0 Å². The number of aryl methyl sites for hydroxylation is 1. The van der Waals surface area contributed by atoms with E-state index >= 15 is 0 Å². The molecule has 0 aromatic heterocycles. The Kier molecular flexibility index (Phi) is 3.11. The third kappa shape index (κ3) is 2.57. The summed E-state index contributed by atoms with van der Waals surface area (Å²) in [6.45, 7) is 1.85. The van der Waals surface area contributed by atoms with Crippen molar-refractivity contribution < 1.29 is 5.11 Å². The monoisotopic (exact) mass is 260 g/mol. The molecular weight excluding hydrogens is 252 g/mol. The van der Waals surface area contributed by atoms with Crippen LogP contribution in [-0.2, 0) is 0 Å². The quantitative estimate of drug-likeness (QED) is 0.535. The van der Waals surface area contributed by atoms with Crippen LogP contribution in [0.15, 0.2) is 16.6 Å². The Balaban J connectivity index is 3.13. The van der Waals surface area contributed by atoms with Crippen LogP contribution in [0, 0.1) is 6.92 Å². The van der Waals surface area contributed by atoms with E-state index in [0.717, 1.165) is 10.0 Å². The Bertz CT molecular complexity index is 331. The Morgan fingerprint density at radius 1 is 1.62 bits per heavy atom. The maximum absolute atomic E-state index is 9.51. The number of phenolic OH excluding ortho intramolecular Hbond substituents is 1. The van der Waals surface area contributed by atoms with Crippen LogP contribution in [0.5, 0.6) is 5.75 Å². The molecule has 0 heterocycles. The summed E-state index contributed by atoms with van der Waals surface area (Å²) in [6.07, 6.45) is 0. The molecule has 0 saturated carbocycles. The zero-order valence-corrected chi connectivity index (χ0v) is 9.37. The largest absolute Gasteiger partial charge is 0.506 e. The van der Waals surface area contributed by atoms with Gasteiger partial charge in [-0.3, -0.25) is 0 Å². The zero-order valence-electron chi connectivity index (χ0n) is 6.97. The molecule has 0 aliphatic carbocycles. The number of halogens is 1. The highest BCUT2D eigenvalue weighted by Crippen LogP contribution is 2.30. The van der Waals surface area contributed by atoms with Gasteiger partial charge in [0, 0.05) is 4.47 Å². The summed E-state index contributed by atoms with van der Waals surface area (Å²) in [5.41, 5.74) is 6.72. The molecule has 0 unspecified atom stereocenters. The third-order valence-electron chi connectivity index (χ3n) is 1.53. The topological polar surface area (TPSA) is 58.3 Å². The minimum atomic E-state index is 0.125. The number of rotatable bonds is 1. The van der Waals surface area contributed by atoms with E-state index in [1.165, 1.54) is 0 Å². The van der Waals surface area contributed by atoms with Gasteiger partial charge in [-0.05, 0) is 36.8 Å². The maximum Gasteiger partial charge on any atom is 0.168 e. The van der Waals surface area contributed by atoms with Gasteiger partial charge in [0.15, 0.2) is 5.11 Å². The van der Waals surface area contributed by atoms with E-state index in [1.807, 2.05) is 13.0 Å². The summed E-state index contributed by atoms with van der Waals surface area (Å²) in [4.78, 5) is 0. The lowest BCUT2D eigenvalue weighted by atomic mass is 10.2. The Labute approximate surface area is 90.1 Å². The van der Waals surface area contributed by atoms with Gasteiger partial charge in [-0.25, -0.2) is 0 Å². The third-order valence-corrected chi connectivity index (χ3v) is 2.09. The van der Waals surface area contributed by atoms with Crippen molar-refractivity contribution in [3.63, 3.8) is 0 Å². The summed E-state index contributed by atoms with van der Waals surface area (Å²) >= 11 is 7.93. The molecule has 0 saturated heterocycles. The molecule has 1 aromatic rings. The number of phenols is 1. The molecule has 0 bridgehead atoms. The fourth-order valence-electron chi connectivity index (χ4n) is 1.01. The molecule has 1 rings (SSSR count). The molecule has 5 heteroatoms. The maximum atomic E-state index is 9.51. The molecule has 0 atom stereocenters. The highest BCUT2D eigenvalue weighted by molar-refractivity contribution is 9.10. The van der Waals surface area contributed by atoms with Gasteiger partial charge in [0.25, 0.3) is 0 Å². The summed E-state index contributed by atoms with van der Waals surface area (Å²) in [5.74, 6) is 0.125. The normalized spacial score (nSPS) is 9.69. The van der Waals surface area contributed by atoms with Gasteiger partial charge in [-0.15, -0.1) is 0 Å². The van der Waals surface area contributed by atoms with E-state index in [9.17, 15) is 5.11 Å². The molecule has 3 nitrogen and oxygen atoms in total. The van der Waals surface area contributed by atoms with Crippen molar-refractivity contribution in [2.45, 2.75) is 6.92 Å².